The molecule has 1 N–H and O–H groups in total. The highest BCUT2D eigenvalue weighted by molar-refractivity contribution is 7.10. The molecule has 2 heterocycles. The first-order valence-electron chi connectivity index (χ1n) is 10.2. The van der Waals surface area contributed by atoms with Gasteiger partial charge in [0.2, 0.25) is 0 Å². The molecule has 1 aliphatic heterocycles. The van der Waals surface area contributed by atoms with Gasteiger partial charge in [0.25, 0.3) is 11.7 Å². The number of aliphatic hydroxyl groups excluding tert-OH is 1. The van der Waals surface area contributed by atoms with Crippen LogP contribution in [0.5, 0.6) is 5.75 Å². The van der Waals surface area contributed by atoms with Crippen LogP contribution in [0.1, 0.15) is 43.7 Å². The van der Waals surface area contributed by atoms with Crippen LogP contribution in [-0.4, -0.2) is 47.6 Å². The van der Waals surface area contributed by atoms with E-state index in [2.05, 4.69) is 0 Å². The van der Waals surface area contributed by atoms with E-state index >= 15 is 0 Å². The lowest BCUT2D eigenvalue weighted by atomic mass is 9.99. The van der Waals surface area contributed by atoms with Crippen LogP contribution in [0, 0.1) is 0 Å². The number of amides is 1. The number of rotatable bonds is 9. The molecular formula is C23H26ClNO5S. The Hall–Kier alpha value is -2.35. The molecule has 0 spiro atoms. The molecule has 1 aliphatic rings. The number of thiophene rings is 1. The number of ether oxygens (including phenoxy) is 2. The van der Waals surface area contributed by atoms with E-state index in [9.17, 15) is 14.7 Å². The van der Waals surface area contributed by atoms with Gasteiger partial charge in [-0.25, -0.2) is 0 Å². The van der Waals surface area contributed by atoms with Gasteiger partial charge < -0.3 is 19.5 Å². The Bertz CT molecular complexity index is 970. The highest BCUT2D eigenvalue weighted by Crippen LogP contribution is 2.41. The molecule has 31 heavy (non-hydrogen) atoms. The molecule has 8 heteroatoms. The largest absolute Gasteiger partial charge is 0.507 e. The van der Waals surface area contributed by atoms with Gasteiger partial charge in [0.15, 0.2) is 0 Å². The Kier molecular flexibility index (Phi) is 7.75. The monoisotopic (exact) mass is 463 g/mol. The Labute approximate surface area is 191 Å². The van der Waals surface area contributed by atoms with E-state index < -0.39 is 17.7 Å². The molecule has 166 valence electrons. The Morgan fingerprint density at radius 1 is 1.29 bits per heavy atom. The molecule has 1 aromatic carbocycles. The third-order valence-corrected chi connectivity index (χ3v) is 6.09. The van der Waals surface area contributed by atoms with Crippen LogP contribution in [0.15, 0.2) is 41.3 Å². The Balaban J connectivity index is 2.00. The third kappa shape index (κ3) is 5.11. The minimum Gasteiger partial charge on any atom is -0.507 e. The van der Waals surface area contributed by atoms with E-state index in [0.717, 1.165) is 4.88 Å². The molecular weight excluding hydrogens is 438 g/mol. The van der Waals surface area contributed by atoms with Crippen LogP contribution < -0.4 is 4.74 Å². The van der Waals surface area contributed by atoms with Crippen molar-refractivity contribution in [3.05, 3.63) is 56.7 Å². The average molecular weight is 464 g/mol. The van der Waals surface area contributed by atoms with Gasteiger partial charge in [0.05, 0.1) is 29.3 Å². The van der Waals surface area contributed by atoms with Gasteiger partial charge in [-0.05, 0) is 56.8 Å². The number of halogens is 1. The summed E-state index contributed by atoms with van der Waals surface area (Å²) in [6, 6.07) is 7.86. The molecule has 2 aromatic rings. The van der Waals surface area contributed by atoms with Crippen molar-refractivity contribution >= 4 is 40.4 Å². The normalized spacial score (nSPS) is 18.2. The first kappa shape index (κ1) is 23.3. The van der Waals surface area contributed by atoms with E-state index in [4.69, 9.17) is 21.1 Å². The summed E-state index contributed by atoms with van der Waals surface area (Å²) in [6.07, 6.45) is 0.677. The number of hydrogen-bond acceptors (Lipinski definition) is 6. The molecule has 0 aliphatic carbocycles. The van der Waals surface area contributed by atoms with Crippen LogP contribution in [0.4, 0.5) is 0 Å². The zero-order chi connectivity index (χ0) is 22.5. The van der Waals surface area contributed by atoms with Crippen molar-refractivity contribution < 1.29 is 24.2 Å². The van der Waals surface area contributed by atoms with Crippen molar-refractivity contribution in [2.24, 2.45) is 0 Å². The minimum absolute atomic E-state index is 0.0713. The van der Waals surface area contributed by atoms with Crippen molar-refractivity contribution in [1.29, 1.82) is 0 Å². The lowest BCUT2D eigenvalue weighted by Crippen LogP contribution is -2.31. The van der Waals surface area contributed by atoms with Crippen molar-refractivity contribution in [2.45, 2.75) is 39.3 Å². The summed E-state index contributed by atoms with van der Waals surface area (Å²) in [4.78, 5) is 28.1. The van der Waals surface area contributed by atoms with Gasteiger partial charge in [-0.1, -0.05) is 17.7 Å². The summed E-state index contributed by atoms with van der Waals surface area (Å²) in [5.74, 6) is -1.16. The van der Waals surface area contributed by atoms with E-state index in [1.807, 2.05) is 38.3 Å². The van der Waals surface area contributed by atoms with E-state index in [1.165, 1.54) is 16.2 Å². The predicted octanol–water partition coefficient (Wildman–Crippen LogP) is 5.04. The van der Waals surface area contributed by atoms with Crippen LogP contribution in [0.2, 0.25) is 5.02 Å². The van der Waals surface area contributed by atoms with Gasteiger partial charge in [-0.2, -0.15) is 0 Å². The number of nitrogens with zero attached hydrogens (tertiary/aromatic N) is 1. The van der Waals surface area contributed by atoms with Crippen LogP contribution in [0.3, 0.4) is 0 Å². The maximum atomic E-state index is 13.0. The van der Waals surface area contributed by atoms with E-state index in [0.29, 0.717) is 42.5 Å². The van der Waals surface area contributed by atoms with Crippen molar-refractivity contribution in [1.82, 2.24) is 4.90 Å². The Morgan fingerprint density at radius 3 is 2.71 bits per heavy atom. The fourth-order valence-electron chi connectivity index (χ4n) is 3.48. The molecule has 3 rings (SSSR count). The number of ketones is 1. The molecule has 0 radical (unpaired) electrons. The summed E-state index contributed by atoms with van der Waals surface area (Å²) < 4.78 is 11.1. The van der Waals surface area contributed by atoms with Crippen LogP contribution in [0.25, 0.3) is 5.76 Å². The lowest BCUT2D eigenvalue weighted by Gasteiger charge is -2.24. The third-order valence-electron chi connectivity index (χ3n) is 4.85. The standard InChI is InChI=1S/C23H26ClNO5S/c1-4-29-17-13-15(8-9-16(17)24)21(26)19-20(18-7-5-12-31-18)25(23(28)22(19)27)10-6-11-30-14(2)3/h5,7-9,12-14,20,26H,4,6,10-11H2,1-3H3/b21-19-. The van der Waals surface area contributed by atoms with Crippen LogP contribution in [-0.2, 0) is 14.3 Å². The van der Waals surface area contributed by atoms with Crippen molar-refractivity contribution in [3.8, 4) is 5.75 Å². The molecule has 1 fully saturated rings. The predicted molar refractivity (Wildman–Crippen MR) is 122 cm³/mol. The Morgan fingerprint density at radius 2 is 2.06 bits per heavy atom. The highest BCUT2D eigenvalue weighted by atomic mass is 35.5. The second-order valence-electron chi connectivity index (χ2n) is 7.36. The van der Waals surface area contributed by atoms with Crippen molar-refractivity contribution in [2.75, 3.05) is 19.8 Å². The van der Waals surface area contributed by atoms with Crippen molar-refractivity contribution in [3.63, 3.8) is 0 Å². The number of aliphatic hydroxyl groups is 1. The molecule has 0 saturated carbocycles. The second-order valence-corrected chi connectivity index (χ2v) is 8.75. The molecule has 1 amide bonds. The number of carbonyl (C=O) groups is 2. The van der Waals surface area contributed by atoms with Gasteiger partial charge in [-0.3, -0.25) is 9.59 Å². The summed E-state index contributed by atoms with van der Waals surface area (Å²) in [5, 5.41) is 13.4. The number of likely N-dealkylation sites (tertiary alicyclic amines) is 1. The quantitative estimate of drug-likeness (QED) is 0.244. The SMILES string of the molecule is CCOc1cc(/C(O)=C2/C(=O)C(=O)N(CCCOC(C)C)C2c2cccs2)ccc1Cl. The summed E-state index contributed by atoms with van der Waals surface area (Å²) in [5.41, 5.74) is 0.442. The van der Waals surface area contributed by atoms with Gasteiger partial charge >= 0.3 is 0 Å². The second kappa shape index (κ2) is 10.3. The summed E-state index contributed by atoms with van der Waals surface area (Å²) in [6.45, 7) is 6.95. The maximum Gasteiger partial charge on any atom is 0.295 e. The number of hydrogen-bond donors (Lipinski definition) is 1. The molecule has 1 unspecified atom stereocenters. The fourth-order valence-corrected chi connectivity index (χ4v) is 4.50. The minimum atomic E-state index is -0.700. The van der Waals surface area contributed by atoms with Gasteiger partial charge in [-0.15, -0.1) is 11.3 Å². The average Bonchev–Trinajstić information content (AvgIpc) is 3.34. The summed E-state index contributed by atoms with van der Waals surface area (Å²) >= 11 is 7.59. The fraction of sp³-hybridized carbons (Fsp3) is 0.391. The van der Waals surface area contributed by atoms with E-state index in [-0.39, 0.29) is 17.4 Å². The smallest absolute Gasteiger partial charge is 0.295 e. The van der Waals surface area contributed by atoms with Crippen LogP contribution >= 0.6 is 22.9 Å². The first-order valence-corrected chi connectivity index (χ1v) is 11.5. The molecule has 1 aromatic heterocycles. The number of Topliss-reactive ketones (excluding diaryl/α,β-unsaturated/α-hetero) is 1. The topological polar surface area (TPSA) is 76.1 Å². The maximum absolute atomic E-state index is 13.0. The zero-order valence-corrected chi connectivity index (χ0v) is 19.3. The highest BCUT2D eigenvalue weighted by Gasteiger charge is 2.46. The number of carbonyl (C=O) groups excluding carboxylic acids is 2. The first-order chi connectivity index (χ1) is 14.8. The van der Waals surface area contributed by atoms with E-state index in [1.54, 1.807) is 18.2 Å². The summed E-state index contributed by atoms with van der Waals surface area (Å²) in [7, 11) is 0. The van der Waals surface area contributed by atoms with Gasteiger partial charge in [0, 0.05) is 23.6 Å². The van der Waals surface area contributed by atoms with Gasteiger partial charge in [0.1, 0.15) is 11.5 Å². The molecule has 0 bridgehead atoms. The molecule has 1 saturated heterocycles. The molecule has 1 atom stereocenters. The zero-order valence-electron chi connectivity index (χ0n) is 17.8. The lowest BCUT2D eigenvalue weighted by molar-refractivity contribution is -0.140. The number of benzene rings is 1. The molecule has 6 nitrogen and oxygen atoms in total.